The van der Waals surface area contributed by atoms with Crippen LogP contribution in [0, 0.1) is 0 Å². The Kier molecular flexibility index (Phi) is 3.39. The highest BCUT2D eigenvalue weighted by molar-refractivity contribution is 5.19. The van der Waals surface area contributed by atoms with Gasteiger partial charge in [-0.1, -0.05) is 6.42 Å². The number of fused-ring (bicyclic) bond motifs is 1. The molecular formula is C12H19N3O. The second-order valence-corrected chi connectivity index (χ2v) is 4.67. The van der Waals surface area contributed by atoms with Crippen molar-refractivity contribution in [2.75, 3.05) is 0 Å². The first-order chi connectivity index (χ1) is 7.66. The first kappa shape index (κ1) is 11.3. The van der Waals surface area contributed by atoms with Gasteiger partial charge in [-0.05, 0) is 38.2 Å². The molecule has 0 unspecified atom stereocenters. The molecule has 0 saturated heterocycles. The lowest BCUT2D eigenvalue weighted by Crippen LogP contribution is -2.32. The molecule has 1 aliphatic rings. The molecule has 0 amide bonds. The van der Waals surface area contributed by atoms with Gasteiger partial charge >= 0.3 is 0 Å². The van der Waals surface area contributed by atoms with Crippen LogP contribution in [0.2, 0.25) is 0 Å². The minimum absolute atomic E-state index is 0.0158. The van der Waals surface area contributed by atoms with E-state index < -0.39 is 0 Å². The summed E-state index contributed by atoms with van der Waals surface area (Å²) >= 11 is 0. The van der Waals surface area contributed by atoms with E-state index in [4.69, 9.17) is 5.73 Å². The average molecular weight is 221 g/mol. The summed E-state index contributed by atoms with van der Waals surface area (Å²) in [4.78, 5) is 11.8. The van der Waals surface area contributed by atoms with Crippen molar-refractivity contribution in [1.82, 2.24) is 9.78 Å². The number of nitrogens with zero attached hydrogens (tertiary/aromatic N) is 2. The van der Waals surface area contributed by atoms with Gasteiger partial charge in [-0.15, -0.1) is 0 Å². The molecule has 0 aromatic carbocycles. The Labute approximate surface area is 95.5 Å². The zero-order valence-corrected chi connectivity index (χ0v) is 9.78. The molecule has 1 aliphatic carbocycles. The second-order valence-electron chi connectivity index (χ2n) is 4.67. The van der Waals surface area contributed by atoms with Crippen molar-refractivity contribution in [2.45, 2.75) is 51.6 Å². The largest absolute Gasteiger partial charge is 0.326 e. The van der Waals surface area contributed by atoms with Crippen LogP contribution in [0.4, 0.5) is 0 Å². The molecule has 0 spiro atoms. The van der Waals surface area contributed by atoms with Crippen LogP contribution >= 0.6 is 0 Å². The fraction of sp³-hybridized carbons (Fsp3) is 0.667. The van der Waals surface area contributed by atoms with Crippen LogP contribution in [0.15, 0.2) is 10.9 Å². The highest BCUT2D eigenvalue weighted by Gasteiger charge is 2.12. The molecule has 1 atom stereocenters. The predicted octanol–water partition coefficient (Wildman–Crippen LogP) is 0.859. The zero-order valence-electron chi connectivity index (χ0n) is 9.78. The number of rotatable bonds is 2. The van der Waals surface area contributed by atoms with Crippen LogP contribution in [0.25, 0.3) is 0 Å². The Bertz CT molecular complexity index is 423. The Morgan fingerprint density at radius 2 is 2.19 bits per heavy atom. The Balaban J connectivity index is 2.35. The Morgan fingerprint density at radius 3 is 2.94 bits per heavy atom. The maximum Gasteiger partial charge on any atom is 0.267 e. The van der Waals surface area contributed by atoms with Crippen molar-refractivity contribution < 1.29 is 0 Å². The van der Waals surface area contributed by atoms with Gasteiger partial charge in [0.1, 0.15) is 0 Å². The SMILES string of the molecule is C[C@@H](N)Cn1nc2c(cc1=O)CCCCC2. The Morgan fingerprint density at radius 1 is 1.44 bits per heavy atom. The van der Waals surface area contributed by atoms with Crippen LogP contribution < -0.4 is 11.3 Å². The molecule has 0 fully saturated rings. The van der Waals surface area contributed by atoms with Crippen molar-refractivity contribution in [2.24, 2.45) is 5.73 Å². The lowest BCUT2D eigenvalue weighted by molar-refractivity contribution is 0.503. The van der Waals surface area contributed by atoms with Crippen LogP contribution in [-0.4, -0.2) is 15.8 Å². The van der Waals surface area contributed by atoms with Crippen molar-refractivity contribution in [3.8, 4) is 0 Å². The van der Waals surface area contributed by atoms with E-state index in [1.165, 1.54) is 23.9 Å². The number of nitrogens with two attached hydrogens (primary N) is 1. The van der Waals surface area contributed by atoms with Gasteiger partial charge in [0.05, 0.1) is 12.2 Å². The monoisotopic (exact) mass is 221 g/mol. The molecule has 0 radical (unpaired) electrons. The van der Waals surface area contributed by atoms with Crippen molar-refractivity contribution in [3.63, 3.8) is 0 Å². The van der Waals surface area contributed by atoms with Gasteiger partial charge in [-0.2, -0.15) is 5.10 Å². The van der Waals surface area contributed by atoms with E-state index >= 15 is 0 Å². The van der Waals surface area contributed by atoms with Gasteiger partial charge < -0.3 is 5.73 Å². The van der Waals surface area contributed by atoms with Crippen LogP contribution in [0.1, 0.15) is 37.4 Å². The molecule has 2 N–H and O–H groups in total. The number of hydrogen-bond donors (Lipinski definition) is 1. The van der Waals surface area contributed by atoms with E-state index in [0.717, 1.165) is 24.1 Å². The molecule has 0 aliphatic heterocycles. The predicted molar refractivity (Wildman–Crippen MR) is 63.4 cm³/mol. The summed E-state index contributed by atoms with van der Waals surface area (Å²) in [6.45, 7) is 2.39. The molecule has 1 aromatic heterocycles. The highest BCUT2D eigenvalue weighted by atomic mass is 16.1. The smallest absolute Gasteiger partial charge is 0.267 e. The van der Waals surface area contributed by atoms with Crippen LogP contribution in [0.5, 0.6) is 0 Å². The minimum Gasteiger partial charge on any atom is -0.326 e. The fourth-order valence-electron chi connectivity index (χ4n) is 2.18. The minimum atomic E-state index is -0.0333. The fourth-order valence-corrected chi connectivity index (χ4v) is 2.18. The van der Waals surface area contributed by atoms with E-state index in [2.05, 4.69) is 5.10 Å². The van der Waals surface area contributed by atoms with Gasteiger partial charge in [0, 0.05) is 12.1 Å². The lowest BCUT2D eigenvalue weighted by atomic mass is 10.1. The highest BCUT2D eigenvalue weighted by Crippen LogP contribution is 2.16. The maximum atomic E-state index is 11.8. The summed E-state index contributed by atoms with van der Waals surface area (Å²) in [6.07, 6.45) is 5.57. The van der Waals surface area contributed by atoms with Crippen LogP contribution in [0.3, 0.4) is 0 Å². The van der Waals surface area contributed by atoms with Gasteiger partial charge in [-0.25, -0.2) is 4.68 Å². The van der Waals surface area contributed by atoms with E-state index in [1.807, 2.05) is 6.92 Å². The lowest BCUT2D eigenvalue weighted by Gasteiger charge is -2.11. The van der Waals surface area contributed by atoms with Gasteiger partial charge in [-0.3, -0.25) is 4.79 Å². The molecule has 1 aromatic rings. The third-order valence-corrected chi connectivity index (χ3v) is 2.98. The van der Waals surface area contributed by atoms with Gasteiger partial charge in [0.15, 0.2) is 0 Å². The summed E-state index contributed by atoms with van der Waals surface area (Å²) in [7, 11) is 0. The summed E-state index contributed by atoms with van der Waals surface area (Å²) < 4.78 is 1.51. The molecule has 88 valence electrons. The topological polar surface area (TPSA) is 60.9 Å². The Hall–Kier alpha value is -1.16. The average Bonchev–Trinajstić information content (AvgIpc) is 2.42. The molecule has 16 heavy (non-hydrogen) atoms. The van der Waals surface area contributed by atoms with E-state index in [9.17, 15) is 4.79 Å². The first-order valence-electron chi connectivity index (χ1n) is 6.02. The second kappa shape index (κ2) is 4.78. The molecule has 2 rings (SSSR count). The first-order valence-corrected chi connectivity index (χ1v) is 6.02. The quantitative estimate of drug-likeness (QED) is 0.753. The summed E-state index contributed by atoms with van der Waals surface area (Å²) in [5.74, 6) is 0. The normalized spacial score (nSPS) is 17.6. The summed E-state index contributed by atoms with van der Waals surface area (Å²) in [6, 6.07) is 1.71. The van der Waals surface area contributed by atoms with Crippen LogP contribution in [-0.2, 0) is 19.4 Å². The standard InChI is InChI=1S/C12H19N3O/c1-9(13)8-15-12(16)7-10-5-3-2-4-6-11(10)14-15/h7,9H,2-6,8,13H2,1H3/t9-/m1/s1. The molecule has 1 heterocycles. The van der Waals surface area contributed by atoms with Gasteiger partial charge in [0.2, 0.25) is 0 Å². The van der Waals surface area contributed by atoms with E-state index in [-0.39, 0.29) is 11.6 Å². The molecule has 4 heteroatoms. The molecule has 0 bridgehead atoms. The summed E-state index contributed by atoms with van der Waals surface area (Å²) in [5, 5.41) is 4.44. The van der Waals surface area contributed by atoms with E-state index in [1.54, 1.807) is 6.07 Å². The van der Waals surface area contributed by atoms with Crippen molar-refractivity contribution in [3.05, 3.63) is 27.7 Å². The molecule has 0 saturated carbocycles. The number of aryl methyl sites for hydroxylation is 2. The number of aromatic nitrogens is 2. The number of hydrogen-bond acceptors (Lipinski definition) is 3. The van der Waals surface area contributed by atoms with E-state index in [0.29, 0.717) is 6.54 Å². The molecular weight excluding hydrogens is 202 g/mol. The third-order valence-electron chi connectivity index (χ3n) is 2.98. The van der Waals surface area contributed by atoms with Crippen molar-refractivity contribution in [1.29, 1.82) is 0 Å². The maximum absolute atomic E-state index is 11.8. The third kappa shape index (κ3) is 2.50. The van der Waals surface area contributed by atoms with Gasteiger partial charge in [0.25, 0.3) is 5.56 Å². The van der Waals surface area contributed by atoms with Crippen molar-refractivity contribution >= 4 is 0 Å². The zero-order chi connectivity index (χ0) is 11.5. The molecule has 4 nitrogen and oxygen atoms in total. The summed E-state index contributed by atoms with van der Waals surface area (Å²) in [5.41, 5.74) is 7.92.